The maximum atomic E-state index is 12.5. The summed E-state index contributed by atoms with van der Waals surface area (Å²) in [5.41, 5.74) is 3.33. The molecule has 0 bridgehead atoms. The Morgan fingerprint density at radius 2 is 1.61 bits per heavy atom. The minimum Gasteiger partial charge on any atom is -0.426 e. The average Bonchev–Trinajstić information content (AvgIpc) is 2.45. The van der Waals surface area contributed by atoms with E-state index in [4.69, 9.17) is 4.74 Å². The predicted molar refractivity (Wildman–Crippen MR) is 119 cm³/mol. The van der Waals surface area contributed by atoms with Gasteiger partial charge >= 0.3 is 5.97 Å². The molecular weight excluding hydrogens is 370 g/mol. The highest BCUT2D eigenvalue weighted by atomic mass is 32.2. The van der Waals surface area contributed by atoms with E-state index in [1.807, 2.05) is 13.0 Å². The molecule has 0 heterocycles. The van der Waals surface area contributed by atoms with Gasteiger partial charge in [0.1, 0.15) is 5.75 Å². The molecule has 0 radical (unpaired) electrons. The van der Waals surface area contributed by atoms with Crippen molar-refractivity contribution in [3.05, 3.63) is 34.9 Å². The molecule has 0 saturated heterocycles. The van der Waals surface area contributed by atoms with Crippen molar-refractivity contribution in [2.24, 2.45) is 0 Å². The summed E-state index contributed by atoms with van der Waals surface area (Å²) in [5, 5.41) is -0.0390. The Morgan fingerprint density at radius 3 is 1.96 bits per heavy atom. The van der Waals surface area contributed by atoms with Gasteiger partial charge in [-0.3, -0.25) is 9.59 Å². The third kappa shape index (κ3) is 6.13. The van der Waals surface area contributed by atoms with Crippen molar-refractivity contribution in [3.63, 3.8) is 0 Å². The Bertz CT molecular complexity index is 781. The molecule has 0 atom stereocenters. The van der Waals surface area contributed by atoms with Crippen LogP contribution >= 0.6 is 11.8 Å². The van der Waals surface area contributed by atoms with Crippen LogP contribution in [0.5, 0.6) is 5.75 Å². The van der Waals surface area contributed by atoms with Gasteiger partial charge in [-0.2, -0.15) is 0 Å². The molecule has 1 aromatic rings. The van der Waals surface area contributed by atoms with Gasteiger partial charge in [0, 0.05) is 37.0 Å². The summed E-state index contributed by atoms with van der Waals surface area (Å²) in [4.78, 5) is 26.9. The molecule has 0 spiro atoms. The quantitative estimate of drug-likeness (QED) is 0.263. The first-order valence-electron chi connectivity index (χ1n) is 9.48. The molecule has 28 heavy (non-hydrogen) atoms. The van der Waals surface area contributed by atoms with E-state index in [-0.39, 0.29) is 22.0 Å². The number of thioether (sulfide) groups is 1. The first kappa shape index (κ1) is 24.3. The van der Waals surface area contributed by atoms with Crippen molar-refractivity contribution >= 4 is 23.0 Å². The molecule has 0 saturated carbocycles. The molecule has 5 heteroatoms. The maximum absolute atomic E-state index is 12.5. The second kappa shape index (κ2) is 8.73. The molecule has 1 amide bonds. The van der Waals surface area contributed by atoms with Crippen LogP contribution in [0.1, 0.15) is 72.1 Å². The monoisotopic (exact) mass is 405 g/mol. The average molecular weight is 406 g/mol. The molecule has 1 rings (SSSR count). The van der Waals surface area contributed by atoms with Crippen LogP contribution in [0.2, 0.25) is 0 Å². The molecule has 0 N–H and O–H groups in total. The van der Waals surface area contributed by atoms with Crippen molar-refractivity contribution in [2.75, 3.05) is 14.1 Å². The maximum Gasteiger partial charge on any atom is 0.308 e. The number of rotatable bonds is 4. The van der Waals surface area contributed by atoms with Crippen LogP contribution in [-0.4, -0.2) is 30.2 Å². The number of esters is 1. The fourth-order valence-electron chi connectivity index (χ4n) is 3.03. The van der Waals surface area contributed by atoms with Gasteiger partial charge in [-0.15, -0.1) is 0 Å². The van der Waals surface area contributed by atoms with Gasteiger partial charge in [-0.25, -0.2) is 0 Å². The van der Waals surface area contributed by atoms with Crippen LogP contribution in [-0.2, 0) is 22.0 Å². The number of carbonyl (C=O) groups is 2. The van der Waals surface area contributed by atoms with Gasteiger partial charge in [0.25, 0.3) is 5.24 Å². The molecular formula is C23H35NO3S. The summed E-state index contributed by atoms with van der Waals surface area (Å²) in [5.74, 6) is 0.271. The summed E-state index contributed by atoms with van der Waals surface area (Å²) in [7, 11) is 3.49. The number of allylic oxidation sites excluding steroid dienone is 1. The van der Waals surface area contributed by atoms with Crippen molar-refractivity contribution in [3.8, 4) is 5.75 Å². The predicted octanol–water partition coefficient (Wildman–Crippen LogP) is 6.10. The van der Waals surface area contributed by atoms with E-state index < -0.39 is 0 Å². The Kier molecular flexibility index (Phi) is 7.57. The lowest BCUT2D eigenvalue weighted by molar-refractivity contribution is -0.132. The van der Waals surface area contributed by atoms with Gasteiger partial charge in [0.15, 0.2) is 0 Å². The van der Waals surface area contributed by atoms with Crippen LogP contribution < -0.4 is 4.74 Å². The molecule has 156 valence electrons. The zero-order chi connectivity index (χ0) is 22.0. The normalized spacial score (nSPS) is 11.9. The summed E-state index contributed by atoms with van der Waals surface area (Å²) >= 11 is 1.21. The molecule has 0 aromatic heterocycles. The summed E-state index contributed by atoms with van der Waals surface area (Å²) < 4.78 is 5.79. The highest BCUT2D eigenvalue weighted by Gasteiger charge is 2.33. The van der Waals surface area contributed by atoms with E-state index in [9.17, 15) is 9.59 Å². The van der Waals surface area contributed by atoms with E-state index in [0.29, 0.717) is 12.2 Å². The molecule has 1 aromatic carbocycles. The van der Waals surface area contributed by atoms with Gasteiger partial charge in [0.2, 0.25) is 0 Å². The van der Waals surface area contributed by atoms with Crippen molar-refractivity contribution in [1.82, 2.24) is 4.90 Å². The third-order valence-corrected chi connectivity index (χ3v) is 5.32. The zero-order valence-electron chi connectivity index (χ0n) is 19.1. The Hall–Kier alpha value is -1.75. The third-order valence-electron chi connectivity index (χ3n) is 4.19. The summed E-state index contributed by atoms with van der Waals surface area (Å²) in [6, 6.07) is 2.01. The zero-order valence-corrected chi connectivity index (χ0v) is 19.9. The molecule has 0 aliphatic carbocycles. The minimum absolute atomic E-state index is 0.0390. The van der Waals surface area contributed by atoms with Crippen molar-refractivity contribution in [1.29, 1.82) is 0 Å². The number of ether oxygens (including phenoxy) is 1. The summed E-state index contributed by atoms with van der Waals surface area (Å²) in [6.07, 6.45) is 0.619. The van der Waals surface area contributed by atoms with Crippen LogP contribution in [0, 0.1) is 0 Å². The Balaban J connectivity index is 4.02. The molecule has 0 aliphatic heterocycles. The van der Waals surface area contributed by atoms with E-state index in [1.54, 1.807) is 19.0 Å². The first-order chi connectivity index (χ1) is 12.6. The largest absolute Gasteiger partial charge is 0.426 e. The van der Waals surface area contributed by atoms with Crippen LogP contribution in [0.25, 0.3) is 0 Å². The minimum atomic E-state index is -0.345. The van der Waals surface area contributed by atoms with Gasteiger partial charge < -0.3 is 9.64 Å². The second-order valence-corrected chi connectivity index (χ2v) is 10.6. The molecule has 0 fully saturated rings. The lowest BCUT2D eigenvalue weighted by Crippen LogP contribution is -2.24. The number of benzene rings is 1. The van der Waals surface area contributed by atoms with Gasteiger partial charge in [-0.05, 0) is 47.6 Å². The van der Waals surface area contributed by atoms with Crippen LogP contribution in [0.3, 0.4) is 0 Å². The lowest BCUT2D eigenvalue weighted by Gasteiger charge is -2.33. The summed E-state index contributed by atoms with van der Waals surface area (Å²) in [6.45, 7) is 20.0. The molecule has 0 unspecified atom stereocenters. The van der Waals surface area contributed by atoms with E-state index in [2.05, 4.69) is 48.1 Å². The van der Waals surface area contributed by atoms with Crippen LogP contribution in [0.4, 0.5) is 4.79 Å². The van der Waals surface area contributed by atoms with Crippen LogP contribution in [0.15, 0.2) is 23.1 Å². The SMILES string of the molecule is C=C(C)Cc1c(SC(=O)N(C)C)cc(C(C)(C)C)c(OC(C)=O)c1C(C)(C)C. The highest BCUT2D eigenvalue weighted by Crippen LogP contribution is 2.46. The Labute approximate surface area is 174 Å². The van der Waals surface area contributed by atoms with Gasteiger partial charge in [0.05, 0.1) is 0 Å². The standard InChI is InChI=1S/C23H35NO3S/c1-14(2)12-16-18(28-21(26)24(10)11)13-17(22(4,5)6)20(27-15(3)25)19(16)23(7,8)9/h13H,1,12H2,2-11H3. The fourth-order valence-corrected chi connectivity index (χ4v) is 3.88. The number of amides is 1. The number of nitrogens with zero attached hydrogens (tertiary/aromatic N) is 1. The highest BCUT2D eigenvalue weighted by molar-refractivity contribution is 8.13. The van der Waals surface area contributed by atoms with E-state index >= 15 is 0 Å². The number of hydrogen-bond donors (Lipinski definition) is 0. The van der Waals surface area contributed by atoms with Crippen molar-refractivity contribution in [2.45, 2.75) is 77.5 Å². The smallest absolute Gasteiger partial charge is 0.308 e. The van der Waals surface area contributed by atoms with E-state index in [0.717, 1.165) is 27.2 Å². The van der Waals surface area contributed by atoms with E-state index in [1.165, 1.54) is 18.7 Å². The van der Waals surface area contributed by atoms with Crippen molar-refractivity contribution < 1.29 is 14.3 Å². The number of hydrogen-bond acceptors (Lipinski definition) is 4. The molecule has 0 aliphatic rings. The number of carbonyl (C=O) groups excluding carboxylic acids is 2. The lowest BCUT2D eigenvalue weighted by atomic mass is 9.76. The molecule has 4 nitrogen and oxygen atoms in total. The first-order valence-corrected chi connectivity index (χ1v) is 10.3. The second-order valence-electron chi connectivity index (χ2n) is 9.59. The van der Waals surface area contributed by atoms with Gasteiger partial charge in [-0.1, -0.05) is 53.7 Å². The Morgan fingerprint density at radius 1 is 1.07 bits per heavy atom. The fraction of sp³-hybridized carbons (Fsp3) is 0.565. The topological polar surface area (TPSA) is 46.6 Å².